The molecule has 0 unspecified atom stereocenters. The molecule has 3 atom stereocenters. The van der Waals surface area contributed by atoms with Crippen LogP contribution in [0.15, 0.2) is 46.0 Å². The number of hydrogen-bond donors (Lipinski definition) is 3. The van der Waals surface area contributed by atoms with Gasteiger partial charge < -0.3 is 30.1 Å². The lowest BCUT2D eigenvalue weighted by atomic mass is 9.39. The molecule has 3 aliphatic carbocycles. The number of carboxylic acid groups (broad SMARTS) is 1. The van der Waals surface area contributed by atoms with Crippen LogP contribution in [0.3, 0.4) is 0 Å². The van der Waals surface area contributed by atoms with Gasteiger partial charge in [0, 0.05) is 61.0 Å². The number of benzene rings is 1. The van der Waals surface area contributed by atoms with Crippen LogP contribution in [0.5, 0.6) is 0 Å². The lowest BCUT2D eigenvalue weighted by Crippen LogP contribution is -2.76. The van der Waals surface area contributed by atoms with E-state index in [2.05, 4.69) is 10.3 Å². The second kappa shape index (κ2) is 10.9. The minimum atomic E-state index is -1.07. The number of aliphatic carboxylic acids is 1. The summed E-state index contributed by atoms with van der Waals surface area (Å²) in [5.74, 6) is -1.75. The number of carbonyl (C=O) groups is 3. The molecular formula is C31H35FN6O6S. The summed E-state index contributed by atoms with van der Waals surface area (Å²) in [5.41, 5.74) is 0.993. The molecule has 5 fully saturated rings. The van der Waals surface area contributed by atoms with Crippen molar-refractivity contribution in [3.8, 4) is 0 Å². The van der Waals surface area contributed by atoms with Gasteiger partial charge in [-0.2, -0.15) is 0 Å². The second-order valence-corrected chi connectivity index (χ2v) is 13.6. The number of piperazine rings is 1. The Labute approximate surface area is 263 Å². The maximum absolute atomic E-state index is 14.8. The fourth-order valence-corrected chi connectivity index (χ4v) is 8.65. The van der Waals surface area contributed by atoms with Crippen LogP contribution >= 0.6 is 11.3 Å². The Morgan fingerprint density at radius 2 is 2.02 bits per heavy atom. The maximum Gasteiger partial charge on any atom is 0.338 e. The number of thiazole rings is 1. The van der Waals surface area contributed by atoms with Gasteiger partial charge in [-0.3, -0.25) is 14.7 Å². The number of urea groups is 1. The summed E-state index contributed by atoms with van der Waals surface area (Å²) in [7, 11) is 0. The third kappa shape index (κ3) is 4.64. The van der Waals surface area contributed by atoms with E-state index in [1.54, 1.807) is 47.4 Å². The number of fused-ring (bicyclic) bond motifs is 1. The summed E-state index contributed by atoms with van der Waals surface area (Å²) >= 11 is 1.35. The number of aromatic nitrogens is 1. The topological polar surface area (TPSA) is 148 Å². The standard InChI is InChI=1S/C31H35FN6O6S/c1-3-44-28(42)22-20(34-25(26-33-7-10-45-26)35-23(22)18-5-4-6-19(32)17(18)2)11-36-8-9-37-21(24(36)27(40)41)12-38(29(37)43)31-13-30(14-31,15-31)16-39/h4-7,10,21,23-24,39H,3,8-9,11-16H2,1-2H3,(H,34,35)(H,40,41)/t21-,23+,24+,30?,31?/m1/s1. The molecule has 2 amide bonds. The van der Waals surface area contributed by atoms with E-state index in [4.69, 9.17) is 9.73 Å². The highest BCUT2D eigenvalue weighted by atomic mass is 32.1. The SMILES string of the molecule is CCOC(=O)C1=C(CN2CCN3C(=O)N(C45CC(CO)(C4)C5)C[C@@H]3[C@H]2C(=O)O)NC(c2nccs2)=N[C@H]1c1cccc(F)c1C. The number of carboxylic acids is 1. The molecule has 14 heteroatoms. The van der Waals surface area contributed by atoms with Crippen LogP contribution in [0, 0.1) is 18.2 Å². The normalized spacial score (nSPS) is 30.7. The highest BCUT2D eigenvalue weighted by Gasteiger charge is 2.72. The first-order chi connectivity index (χ1) is 21.6. The Morgan fingerprint density at radius 3 is 2.69 bits per heavy atom. The van der Waals surface area contributed by atoms with Crippen LogP contribution in [-0.4, -0.2) is 111 Å². The average Bonchev–Trinajstić information content (AvgIpc) is 3.62. The minimum Gasteiger partial charge on any atom is -0.480 e. The highest BCUT2D eigenvalue weighted by Crippen LogP contribution is 2.70. The van der Waals surface area contributed by atoms with Crippen LogP contribution < -0.4 is 5.32 Å². The number of carbonyl (C=O) groups excluding carboxylic acids is 2. The fraction of sp³-hybridized carbons (Fsp3) is 0.516. The summed E-state index contributed by atoms with van der Waals surface area (Å²) in [4.78, 5) is 54.5. The first kappa shape index (κ1) is 29.8. The number of hydrogen-bond acceptors (Lipinski definition) is 10. The van der Waals surface area contributed by atoms with E-state index in [0.29, 0.717) is 34.2 Å². The monoisotopic (exact) mass is 638 g/mol. The number of amidine groups is 1. The Balaban J connectivity index is 1.24. The van der Waals surface area contributed by atoms with Crippen molar-refractivity contribution in [3.05, 3.63) is 63.0 Å². The molecule has 2 bridgehead atoms. The van der Waals surface area contributed by atoms with Gasteiger partial charge in [0.1, 0.15) is 17.9 Å². The molecule has 3 saturated carbocycles. The first-order valence-corrected chi connectivity index (χ1v) is 16.0. The Morgan fingerprint density at radius 1 is 1.24 bits per heavy atom. The number of halogens is 1. The lowest BCUT2D eigenvalue weighted by Gasteiger charge is -2.72. The molecule has 12 nitrogen and oxygen atoms in total. The lowest BCUT2D eigenvalue weighted by molar-refractivity contribution is -0.218. The van der Waals surface area contributed by atoms with Crippen molar-refractivity contribution in [2.24, 2.45) is 10.4 Å². The fourth-order valence-electron chi connectivity index (χ4n) is 8.07. The smallest absolute Gasteiger partial charge is 0.338 e. The van der Waals surface area contributed by atoms with Gasteiger partial charge in [0.05, 0.1) is 18.2 Å². The van der Waals surface area contributed by atoms with Crippen molar-refractivity contribution in [3.63, 3.8) is 0 Å². The van der Waals surface area contributed by atoms with Crippen LogP contribution in [0.2, 0.25) is 0 Å². The summed E-state index contributed by atoms with van der Waals surface area (Å²) in [6, 6.07) is 1.92. The number of nitrogens with zero attached hydrogens (tertiary/aromatic N) is 5. The van der Waals surface area contributed by atoms with E-state index in [1.165, 1.54) is 17.4 Å². The average molecular weight is 639 g/mol. The largest absolute Gasteiger partial charge is 0.480 e. The number of rotatable bonds is 9. The molecule has 3 N–H and O–H groups in total. The summed E-state index contributed by atoms with van der Waals surface area (Å²) in [6.07, 6.45) is 3.85. The molecular weight excluding hydrogens is 603 g/mol. The van der Waals surface area contributed by atoms with Crippen LogP contribution in [-0.2, 0) is 14.3 Å². The number of aliphatic hydroxyl groups is 1. The highest BCUT2D eigenvalue weighted by molar-refractivity contribution is 7.11. The third-order valence-electron chi connectivity index (χ3n) is 10.1. The zero-order valence-electron chi connectivity index (χ0n) is 25.0. The zero-order valence-corrected chi connectivity index (χ0v) is 25.8. The number of aliphatic imine (C=N–C) groups is 1. The van der Waals surface area contributed by atoms with E-state index in [1.807, 2.05) is 4.90 Å². The number of aliphatic hydroxyl groups excluding tert-OH is 1. The molecule has 2 saturated heterocycles. The van der Waals surface area contributed by atoms with Gasteiger partial charge in [-0.15, -0.1) is 11.3 Å². The number of ether oxygens (including phenoxy) is 1. The number of amides is 2. The van der Waals surface area contributed by atoms with Gasteiger partial charge in [-0.25, -0.2) is 19.0 Å². The molecule has 1 aromatic carbocycles. The summed E-state index contributed by atoms with van der Waals surface area (Å²) < 4.78 is 20.3. The molecule has 45 heavy (non-hydrogen) atoms. The predicted octanol–water partition coefficient (Wildman–Crippen LogP) is 2.29. The van der Waals surface area contributed by atoms with Gasteiger partial charge in [0.15, 0.2) is 10.8 Å². The minimum absolute atomic E-state index is 0.0255. The number of nitrogens with one attached hydrogen (secondary N) is 1. The van der Waals surface area contributed by atoms with Crippen molar-refractivity contribution >= 4 is 35.1 Å². The van der Waals surface area contributed by atoms with Gasteiger partial charge in [0.25, 0.3) is 0 Å². The molecule has 0 radical (unpaired) electrons. The van der Waals surface area contributed by atoms with Crippen LogP contribution in [0.1, 0.15) is 48.4 Å². The van der Waals surface area contributed by atoms with Crippen LogP contribution in [0.25, 0.3) is 0 Å². The number of esters is 1. The van der Waals surface area contributed by atoms with Crippen molar-refractivity contribution in [1.82, 2.24) is 25.0 Å². The van der Waals surface area contributed by atoms with E-state index in [0.717, 1.165) is 19.3 Å². The molecule has 0 spiro atoms. The maximum atomic E-state index is 14.8. The molecule has 3 aliphatic heterocycles. The van der Waals surface area contributed by atoms with Crippen molar-refractivity contribution in [2.45, 2.75) is 56.8 Å². The molecule has 4 heterocycles. The Kier molecular flexibility index (Phi) is 7.21. The summed E-state index contributed by atoms with van der Waals surface area (Å²) in [5, 5.41) is 25.9. The zero-order chi connectivity index (χ0) is 31.7. The van der Waals surface area contributed by atoms with Gasteiger partial charge in [0.2, 0.25) is 0 Å². The van der Waals surface area contributed by atoms with Gasteiger partial charge >= 0.3 is 18.0 Å². The molecule has 238 valence electrons. The van der Waals surface area contributed by atoms with Crippen molar-refractivity contribution < 1.29 is 33.7 Å². The van der Waals surface area contributed by atoms with Gasteiger partial charge in [-0.1, -0.05) is 12.1 Å². The van der Waals surface area contributed by atoms with E-state index in [-0.39, 0.29) is 55.4 Å². The van der Waals surface area contributed by atoms with Gasteiger partial charge in [-0.05, 0) is 50.3 Å². The quantitative estimate of drug-likeness (QED) is 0.352. The van der Waals surface area contributed by atoms with Crippen LogP contribution in [0.4, 0.5) is 9.18 Å². The first-order valence-electron chi connectivity index (χ1n) is 15.2. The summed E-state index contributed by atoms with van der Waals surface area (Å²) in [6.45, 7) is 4.41. The van der Waals surface area contributed by atoms with E-state index >= 15 is 0 Å². The van der Waals surface area contributed by atoms with E-state index in [9.17, 15) is 29.0 Å². The molecule has 6 aliphatic rings. The second-order valence-electron chi connectivity index (χ2n) is 12.7. The molecule has 2 aromatic rings. The Hall–Kier alpha value is -3.88. The van der Waals surface area contributed by atoms with E-state index < -0.39 is 35.9 Å². The third-order valence-corrected chi connectivity index (χ3v) is 10.9. The predicted molar refractivity (Wildman–Crippen MR) is 161 cm³/mol. The molecule has 1 aromatic heterocycles. The Bertz CT molecular complexity index is 1610. The van der Waals surface area contributed by atoms with Crippen molar-refractivity contribution in [1.29, 1.82) is 0 Å². The molecule has 8 rings (SSSR count). The van der Waals surface area contributed by atoms with Crippen molar-refractivity contribution in [2.75, 3.05) is 39.4 Å².